The number of hydrogen-bond donors (Lipinski definition) is 1. The lowest BCUT2D eigenvalue weighted by Crippen LogP contribution is -2.60. The maximum absolute atomic E-state index is 11.8. The number of carbonyl (C=O) groups excluding carboxylic acids is 1. The largest absolute Gasteiger partial charge is 0.350 e. The second kappa shape index (κ2) is 3.94. The van der Waals surface area contributed by atoms with Crippen LogP contribution in [0.5, 0.6) is 0 Å². The zero-order valence-corrected chi connectivity index (χ0v) is 10.8. The van der Waals surface area contributed by atoms with E-state index in [9.17, 15) is 4.79 Å². The van der Waals surface area contributed by atoms with E-state index >= 15 is 0 Å². The van der Waals surface area contributed by atoms with Gasteiger partial charge >= 0.3 is 0 Å². The Kier molecular flexibility index (Phi) is 2.69. The van der Waals surface area contributed by atoms with Gasteiger partial charge in [0.05, 0.1) is 5.75 Å². The van der Waals surface area contributed by atoms with Crippen molar-refractivity contribution in [1.29, 1.82) is 0 Å². The van der Waals surface area contributed by atoms with Crippen LogP contribution in [-0.4, -0.2) is 23.5 Å². The fourth-order valence-corrected chi connectivity index (χ4v) is 5.06. The third kappa shape index (κ3) is 1.87. The van der Waals surface area contributed by atoms with E-state index in [-0.39, 0.29) is 11.4 Å². The van der Waals surface area contributed by atoms with Gasteiger partial charge in [0.25, 0.3) is 0 Å². The van der Waals surface area contributed by atoms with Crippen molar-refractivity contribution in [1.82, 2.24) is 5.32 Å². The molecule has 3 heteroatoms. The van der Waals surface area contributed by atoms with Crippen molar-refractivity contribution in [2.45, 2.75) is 44.1 Å². The lowest BCUT2D eigenvalue weighted by Gasteiger charge is -2.56. The highest BCUT2D eigenvalue weighted by atomic mass is 32.2. The van der Waals surface area contributed by atoms with Gasteiger partial charge < -0.3 is 5.32 Å². The zero-order valence-electron chi connectivity index (χ0n) is 10.00. The van der Waals surface area contributed by atoms with Crippen molar-refractivity contribution in [3.8, 4) is 0 Å². The van der Waals surface area contributed by atoms with E-state index in [2.05, 4.69) is 5.32 Å². The highest BCUT2D eigenvalue weighted by molar-refractivity contribution is 7.99. The van der Waals surface area contributed by atoms with Gasteiger partial charge in [-0.15, -0.1) is 0 Å². The Hall–Kier alpha value is -0.180. The molecule has 2 nitrogen and oxygen atoms in total. The molecule has 1 N–H and O–H groups in total. The summed E-state index contributed by atoms with van der Waals surface area (Å²) >= 11 is 1.63. The van der Waals surface area contributed by atoms with E-state index in [4.69, 9.17) is 0 Å². The van der Waals surface area contributed by atoms with Gasteiger partial charge in [-0.25, -0.2) is 0 Å². The molecule has 4 aliphatic rings. The summed E-state index contributed by atoms with van der Waals surface area (Å²) in [6.07, 6.45) is 10.1. The summed E-state index contributed by atoms with van der Waals surface area (Å²) in [7, 11) is 0. The predicted octanol–water partition coefficient (Wildman–Crippen LogP) is 2.43. The summed E-state index contributed by atoms with van der Waals surface area (Å²) in [5.41, 5.74) is 0.210. The van der Waals surface area contributed by atoms with E-state index in [0.717, 1.165) is 17.8 Å². The van der Waals surface area contributed by atoms with Crippen LogP contribution in [0.15, 0.2) is 0 Å². The molecular formula is C13H21NOS. The van der Waals surface area contributed by atoms with Crippen molar-refractivity contribution < 1.29 is 4.79 Å². The minimum absolute atomic E-state index is 0.210. The lowest BCUT2D eigenvalue weighted by atomic mass is 9.53. The number of amides is 1. The molecule has 0 heterocycles. The molecule has 4 fully saturated rings. The van der Waals surface area contributed by atoms with Gasteiger partial charge in [-0.3, -0.25) is 4.79 Å². The van der Waals surface area contributed by atoms with Crippen LogP contribution in [0.3, 0.4) is 0 Å². The van der Waals surface area contributed by atoms with Crippen LogP contribution < -0.4 is 5.32 Å². The highest BCUT2D eigenvalue weighted by Crippen LogP contribution is 2.55. The normalized spacial score (nSPS) is 44.7. The molecule has 0 atom stereocenters. The third-order valence-corrected chi connectivity index (χ3v) is 5.27. The van der Waals surface area contributed by atoms with Crippen molar-refractivity contribution in [3.63, 3.8) is 0 Å². The Labute approximate surface area is 102 Å². The first-order valence-corrected chi connectivity index (χ1v) is 7.88. The minimum Gasteiger partial charge on any atom is -0.350 e. The molecule has 0 radical (unpaired) electrons. The lowest BCUT2D eigenvalue weighted by molar-refractivity contribution is -0.124. The average Bonchev–Trinajstić information content (AvgIpc) is 2.13. The summed E-state index contributed by atoms with van der Waals surface area (Å²) < 4.78 is 0. The quantitative estimate of drug-likeness (QED) is 0.819. The summed E-state index contributed by atoms with van der Waals surface area (Å²) in [5, 5.41) is 3.37. The number of hydrogen-bond acceptors (Lipinski definition) is 2. The van der Waals surface area contributed by atoms with Gasteiger partial charge in [0, 0.05) is 5.54 Å². The van der Waals surface area contributed by atoms with Crippen molar-refractivity contribution >= 4 is 17.7 Å². The second-order valence-electron chi connectivity index (χ2n) is 6.18. The molecule has 4 saturated carbocycles. The van der Waals surface area contributed by atoms with Gasteiger partial charge in [-0.2, -0.15) is 11.8 Å². The molecule has 0 unspecified atom stereocenters. The number of thioether (sulfide) groups is 1. The Morgan fingerprint density at radius 1 is 1.19 bits per heavy atom. The molecule has 1 amide bonds. The van der Waals surface area contributed by atoms with E-state index in [1.807, 2.05) is 6.26 Å². The molecule has 0 aromatic carbocycles. The summed E-state index contributed by atoms with van der Waals surface area (Å²) in [4.78, 5) is 11.8. The van der Waals surface area contributed by atoms with Gasteiger partial charge in [-0.1, -0.05) is 0 Å². The maximum Gasteiger partial charge on any atom is 0.230 e. The monoisotopic (exact) mass is 239 g/mol. The summed E-state index contributed by atoms with van der Waals surface area (Å²) in [5.74, 6) is 3.64. The zero-order chi connectivity index (χ0) is 11.2. The number of rotatable bonds is 3. The van der Waals surface area contributed by atoms with Crippen LogP contribution in [0.2, 0.25) is 0 Å². The highest BCUT2D eigenvalue weighted by Gasteiger charge is 2.51. The Morgan fingerprint density at radius 3 is 2.12 bits per heavy atom. The summed E-state index contributed by atoms with van der Waals surface area (Å²) in [6.45, 7) is 0. The molecule has 4 bridgehead atoms. The average molecular weight is 239 g/mol. The van der Waals surface area contributed by atoms with Crippen molar-refractivity contribution in [2.75, 3.05) is 12.0 Å². The third-order valence-electron chi connectivity index (χ3n) is 4.72. The SMILES string of the molecule is CSCC(=O)NC12CC3CC(CC(C3)C1)C2. The van der Waals surface area contributed by atoms with Crippen LogP contribution >= 0.6 is 11.8 Å². The van der Waals surface area contributed by atoms with Crippen LogP contribution in [-0.2, 0) is 4.79 Å². The van der Waals surface area contributed by atoms with Crippen molar-refractivity contribution in [2.24, 2.45) is 17.8 Å². The first-order valence-electron chi connectivity index (χ1n) is 6.49. The molecule has 4 aliphatic carbocycles. The van der Waals surface area contributed by atoms with Gasteiger partial charge in [0.1, 0.15) is 0 Å². The van der Waals surface area contributed by atoms with E-state index in [1.54, 1.807) is 11.8 Å². The van der Waals surface area contributed by atoms with Crippen LogP contribution in [0, 0.1) is 17.8 Å². The van der Waals surface area contributed by atoms with Gasteiger partial charge in [-0.05, 0) is 62.5 Å². The molecular weight excluding hydrogens is 218 g/mol. The molecule has 0 saturated heterocycles. The molecule has 90 valence electrons. The van der Waals surface area contributed by atoms with Crippen molar-refractivity contribution in [3.05, 3.63) is 0 Å². The molecule has 16 heavy (non-hydrogen) atoms. The fraction of sp³-hybridized carbons (Fsp3) is 0.923. The second-order valence-corrected chi connectivity index (χ2v) is 7.05. The van der Waals surface area contributed by atoms with E-state index in [0.29, 0.717) is 5.75 Å². The van der Waals surface area contributed by atoms with Gasteiger partial charge in [0.15, 0.2) is 0 Å². The van der Waals surface area contributed by atoms with Gasteiger partial charge in [0.2, 0.25) is 5.91 Å². The van der Waals surface area contributed by atoms with Crippen LogP contribution in [0.4, 0.5) is 0 Å². The standard InChI is InChI=1S/C13H21NOS/c1-16-8-12(15)14-13-5-9-2-10(6-13)4-11(3-9)7-13/h9-11H,2-8H2,1H3,(H,14,15). The maximum atomic E-state index is 11.8. The Bertz CT molecular complexity index is 267. The molecule has 0 aromatic rings. The first kappa shape index (κ1) is 10.9. The van der Waals surface area contributed by atoms with E-state index in [1.165, 1.54) is 38.5 Å². The molecule has 4 rings (SSSR count). The minimum atomic E-state index is 0.210. The molecule has 0 aliphatic heterocycles. The topological polar surface area (TPSA) is 29.1 Å². The van der Waals surface area contributed by atoms with E-state index < -0.39 is 0 Å². The Morgan fingerprint density at radius 2 is 1.69 bits per heavy atom. The predicted molar refractivity (Wildman–Crippen MR) is 67.4 cm³/mol. The Balaban J connectivity index is 1.71. The molecule has 0 spiro atoms. The molecule has 0 aromatic heterocycles. The first-order chi connectivity index (χ1) is 7.69. The van der Waals surface area contributed by atoms with Crippen LogP contribution in [0.25, 0.3) is 0 Å². The fourth-order valence-electron chi connectivity index (χ4n) is 4.73. The summed E-state index contributed by atoms with van der Waals surface area (Å²) in [6, 6.07) is 0. The van der Waals surface area contributed by atoms with Crippen LogP contribution in [0.1, 0.15) is 38.5 Å². The number of carbonyl (C=O) groups is 1. The number of nitrogens with one attached hydrogen (secondary N) is 1. The smallest absolute Gasteiger partial charge is 0.230 e.